The van der Waals surface area contributed by atoms with Gasteiger partial charge < -0.3 is 14.8 Å². The molecule has 136 valence electrons. The molecule has 0 atom stereocenters. The van der Waals surface area contributed by atoms with Gasteiger partial charge in [0.1, 0.15) is 11.5 Å². The lowest BCUT2D eigenvalue weighted by molar-refractivity contribution is -0.384. The Kier molecular flexibility index (Phi) is 6.73. The van der Waals surface area contributed by atoms with E-state index in [1.807, 2.05) is 13.0 Å². The number of nitrogens with one attached hydrogen (secondary N) is 1. The lowest BCUT2D eigenvalue weighted by Crippen LogP contribution is -2.21. The molecule has 0 spiro atoms. The third kappa shape index (κ3) is 5.07. The number of nitro groups is 1. The number of carbonyl (C=O) groups is 1. The average Bonchev–Trinajstić information content (AvgIpc) is 2.62. The molecule has 0 aromatic heterocycles. The highest BCUT2D eigenvalue weighted by Crippen LogP contribution is 2.26. The molecule has 0 aliphatic heterocycles. The smallest absolute Gasteiger partial charge is 0.269 e. The maximum absolute atomic E-state index is 12.2. The van der Waals surface area contributed by atoms with Gasteiger partial charge >= 0.3 is 0 Å². The second-order valence-corrected chi connectivity index (χ2v) is 5.31. The predicted octanol–water partition coefficient (Wildman–Crippen LogP) is 3.74. The molecule has 7 heteroatoms. The SMILES string of the molecule is C=CCc1cc([N+](=O)[O-])ccc1OCC(=O)Nc1ccccc1OCC. The molecule has 0 saturated heterocycles. The summed E-state index contributed by atoms with van der Waals surface area (Å²) in [4.78, 5) is 22.6. The van der Waals surface area contributed by atoms with E-state index in [9.17, 15) is 14.9 Å². The highest BCUT2D eigenvalue weighted by atomic mass is 16.6. The van der Waals surface area contributed by atoms with Gasteiger partial charge in [0.05, 0.1) is 17.2 Å². The minimum Gasteiger partial charge on any atom is -0.492 e. The van der Waals surface area contributed by atoms with Gasteiger partial charge in [-0.25, -0.2) is 0 Å². The van der Waals surface area contributed by atoms with E-state index in [1.54, 1.807) is 24.3 Å². The standard InChI is InChI=1S/C19H20N2O5/c1-3-7-14-12-15(21(23)24)10-11-17(14)26-13-19(22)20-16-8-5-6-9-18(16)25-4-2/h3,5-6,8-12H,1,4,7,13H2,2H3,(H,20,22). The lowest BCUT2D eigenvalue weighted by atomic mass is 10.1. The van der Waals surface area contributed by atoms with Gasteiger partial charge in [-0.05, 0) is 31.5 Å². The highest BCUT2D eigenvalue weighted by molar-refractivity contribution is 5.93. The Balaban J connectivity index is 2.05. The number of nitro benzene ring substituents is 1. The molecule has 0 radical (unpaired) electrons. The topological polar surface area (TPSA) is 90.7 Å². The number of ether oxygens (including phenoxy) is 2. The van der Waals surface area contributed by atoms with E-state index in [0.29, 0.717) is 35.8 Å². The van der Waals surface area contributed by atoms with Crippen LogP contribution in [0.5, 0.6) is 11.5 Å². The number of non-ortho nitro benzene ring substituents is 1. The van der Waals surface area contributed by atoms with Gasteiger partial charge in [0.25, 0.3) is 11.6 Å². The maximum Gasteiger partial charge on any atom is 0.269 e. The molecule has 26 heavy (non-hydrogen) atoms. The number of carbonyl (C=O) groups excluding carboxylic acids is 1. The van der Waals surface area contributed by atoms with Crippen LogP contribution in [0.2, 0.25) is 0 Å². The van der Waals surface area contributed by atoms with E-state index >= 15 is 0 Å². The number of hydrogen-bond donors (Lipinski definition) is 1. The Morgan fingerprint density at radius 1 is 1.23 bits per heavy atom. The van der Waals surface area contributed by atoms with E-state index in [1.165, 1.54) is 18.2 Å². The molecule has 1 amide bonds. The molecule has 0 bridgehead atoms. The molecule has 2 rings (SSSR count). The van der Waals surface area contributed by atoms with Crippen molar-refractivity contribution >= 4 is 17.3 Å². The third-order valence-electron chi connectivity index (χ3n) is 3.44. The van der Waals surface area contributed by atoms with Gasteiger partial charge in [0.2, 0.25) is 0 Å². The first-order chi connectivity index (χ1) is 12.5. The Morgan fingerprint density at radius 2 is 2.00 bits per heavy atom. The Hall–Kier alpha value is -3.35. The van der Waals surface area contributed by atoms with E-state index in [4.69, 9.17) is 9.47 Å². The molecule has 0 fully saturated rings. The fourth-order valence-corrected chi connectivity index (χ4v) is 2.32. The van der Waals surface area contributed by atoms with E-state index in [-0.39, 0.29) is 18.2 Å². The highest BCUT2D eigenvalue weighted by Gasteiger charge is 2.13. The fourth-order valence-electron chi connectivity index (χ4n) is 2.32. The molecule has 7 nitrogen and oxygen atoms in total. The molecular formula is C19H20N2O5. The van der Waals surface area contributed by atoms with Gasteiger partial charge in [-0.15, -0.1) is 6.58 Å². The Bertz CT molecular complexity index is 804. The quantitative estimate of drug-likeness (QED) is 0.420. The lowest BCUT2D eigenvalue weighted by Gasteiger charge is -2.13. The molecule has 1 N–H and O–H groups in total. The van der Waals surface area contributed by atoms with Crippen LogP contribution in [0.1, 0.15) is 12.5 Å². The van der Waals surface area contributed by atoms with Gasteiger partial charge in [-0.3, -0.25) is 14.9 Å². The van der Waals surface area contributed by atoms with Crippen LogP contribution in [0.15, 0.2) is 55.1 Å². The van der Waals surface area contributed by atoms with Gasteiger partial charge in [-0.1, -0.05) is 18.2 Å². The number of anilines is 1. The molecule has 2 aromatic carbocycles. The summed E-state index contributed by atoms with van der Waals surface area (Å²) in [5.74, 6) is 0.620. The van der Waals surface area contributed by atoms with Crippen molar-refractivity contribution in [3.05, 3.63) is 70.8 Å². The zero-order valence-corrected chi connectivity index (χ0v) is 14.4. The largest absolute Gasteiger partial charge is 0.492 e. The number of hydrogen-bond acceptors (Lipinski definition) is 5. The van der Waals surface area contributed by atoms with Crippen LogP contribution in [0.3, 0.4) is 0 Å². The molecule has 0 aliphatic carbocycles. The summed E-state index contributed by atoms with van der Waals surface area (Å²) in [5.41, 5.74) is 1.11. The van der Waals surface area contributed by atoms with E-state index in [2.05, 4.69) is 11.9 Å². The third-order valence-corrected chi connectivity index (χ3v) is 3.44. The Morgan fingerprint density at radius 3 is 2.69 bits per heavy atom. The molecule has 0 aliphatic rings. The van der Waals surface area contributed by atoms with Crippen LogP contribution in [-0.2, 0) is 11.2 Å². The summed E-state index contributed by atoms with van der Waals surface area (Å²) < 4.78 is 11.0. The van der Waals surface area contributed by atoms with Crippen molar-refractivity contribution in [2.75, 3.05) is 18.5 Å². The van der Waals surface area contributed by atoms with Crippen LogP contribution in [-0.4, -0.2) is 24.0 Å². The number of nitrogens with zero attached hydrogens (tertiary/aromatic N) is 1. The van der Waals surface area contributed by atoms with Crippen molar-refractivity contribution in [1.29, 1.82) is 0 Å². The Labute approximate surface area is 151 Å². The van der Waals surface area contributed by atoms with Crippen LogP contribution in [0.4, 0.5) is 11.4 Å². The normalized spacial score (nSPS) is 10.0. The van der Waals surface area contributed by atoms with Gasteiger partial charge in [0, 0.05) is 17.7 Å². The summed E-state index contributed by atoms with van der Waals surface area (Å²) in [6.45, 7) is 5.74. The van der Waals surface area contributed by atoms with E-state index in [0.717, 1.165) is 0 Å². The predicted molar refractivity (Wildman–Crippen MR) is 98.7 cm³/mol. The van der Waals surface area contributed by atoms with Crippen molar-refractivity contribution in [2.24, 2.45) is 0 Å². The second-order valence-electron chi connectivity index (χ2n) is 5.31. The molecule has 0 saturated carbocycles. The summed E-state index contributed by atoms with van der Waals surface area (Å²) in [6, 6.07) is 11.3. The number of para-hydroxylation sites is 2. The van der Waals surface area contributed by atoms with Crippen LogP contribution in [0, 0.1) is 10.1 Å². The summed E-state index contributed by atoms with van der Waals surface area (Å²) in [6.07, 6.45) is 2.01. The maximum atomic E-state index is 12.2. The zero-order valence-electron chi connectivity index (χ0n) is 14.4. The minimum atomic E-state index is -0.478. The van der Waals surface area contributed by atoms with Gasteiger partial charge in [-0.2, -0.15) is 0 Å². The van der Waals surface area contributed by atoms with Crippen molar-refractivity contribution in [3.8, 4) is 11.5 Å². The van der Waals surface area contributed by atoms with E-state index < -0.39 is 4.92 Å². The average molecular weight is 356 g/mol. The number of rotatable bonds is 9. The summed E-state index contributed by atoms with van der Waals surface area (Å²) in [7, 11) is 0. The first-order valence-corrected chi connectivity index (χ1v) is 8.07. The van der Waals surface area contributed by atoms with Gasteiger partial charge in [0.15, 0.2) is 6.61 Å². The van der Waals surface area contributed by atoms with Crippen molar-refractivity contribution in [1.82, 2.24) is 0 Å². The number of amides is 1. The second kappa shape index (κ2) is 9.22. The summed E-state index contributed by atoms with van der Waals surface area (Å²) in [5, 5.41) is 13.6. The van der Waals surface area contributed by atoms with Crippen molar-refractivity contribution < 1.29 is 19.2 Å². The van der Waals surface area contributed by atoms with Crippen LogP contribution < -0.4 is 14.8 Å². The van der Waals surface area contributed by atoms with Crippen molar-refractivity contribution in [3.63, 3.8) is 0 Å². The van der Waals surface area contributed by atoms with Crippen molar-refractivity contribution in [2.45, 2.75) is 13.3 Å². The molecule has 0 unspecified atom stereocenters. The monoisotopic (exact) mass is 356 g/mol. The molecule has 2 aromatic rings. The molecule has 0 heterocycles. The van der Waals surface area contributed by atoms with Crippen LogP contribution >= 0.6 is 0 Å². The molecular weight excluding hydrogens is 336 g/mol. The fraction of sp³-hybridized carbons (Fsp3) is 0.211. The van der Waals surface area contributed by atoms with Crippen LogP contribution in [0.25, 0.3) is 0 Å². The summed E-state index contributed by atoms with van der Waals surface area (Å²) >= 11 is 0. The number of allylic oxidation sites excluding steroid dienone is 1. The zero-order chi connectivity index (χ0) is 18.9. The first-order valence-electron chi connectivity index (χ1n) is 8.07. The number of benzene rings is 2. The minimum absolute atomic E-state index is 0.0377. The first kappa shape index (κ1) is 19.0.